The highest BCUT2D eigenvalue weighted by atomic mass is 35.5. The van der Waals surface area contributed by atoms with Crippen molar-refractivity contribution in [3.63, 3.8) is 0 Å². The highest BCUT2D eigenvalue weighted by molar-refractivity contribution is 6.32. The van der Waals surface area contributed by atoms with Crippen molar-refractivity contribution in [2.45, 2.75) is 26.7 Å². The normalized spacial score (nSPS) is 17.6. The Morgan fingerprint density at radius 3 is 2.63 bits per heavy atom. The molecule has 1 fully saturated rings. The minimum atomic E-state index is -0.0800. The summed E-state index contributed by atoms with van der Waals surface area (Å²) in [5.74, 6) is -0.108. The van der Waals surface area contributed by atoms with Gasteiger partial charge >= 0.3 is 5.97 Å². The van der Waals surface area contributed by atoms with Crippen molar-refractivity contribution in [1.29, 1.82) is 0 Å². The smallest absolute Gasteiger partial charge is 0.310 e. The van der Waals surface area contributed by atoms with Gasteiger partial charge in [0.2, 0.25) is 0 Å². The molecular weight excluding hydrogens is 398 g/mol. The molecule has 5 heteroatoms. The summed E-state index contributed by atoms with van der Waals surface area (Å²) in [5, 5.41) is 0.698. The van der Waals surface area contributed by atoms with Crippen LogP contribution in [0.25, 0.3) is 5.57 Å². The minimum absolute atomic E-state index is 0.0279. The lowest BCUT2D eigenvalue weighted by molar-refractivity contribution is -0.150. The maximum Gasteiger partial charge on any atom is 0.310 e. The van der Waals surface area contributed by atoms with Crippen LogP contribution in [0, 0.1) is 12.8 Å². The predicted molar refractivity (Wildman–Crippen MR) is 121 cm³/mol. The van der Waals surface area contributed by atoms with Gasteiger partial charge in [0.1, 0.15) is 6.61 Å². The lowest BCUT2D eigenvalue weighted by Gasteiger charge is -2.31. The monoisotopic (exact) mass is 427 g/mol. The van der Waals surface area contributed by atoms with Crippen molar-refractivity contribution < 1.29 is 14.3 Å². The van der Waals surface area contributed by atoms with E-state index in [9.17, 15) is 4.79 Å². The number of piperidine rings is 1. The van der Waals surface area contributed by atoms with E-state index in [1.807, 2.05) is 49.6 Å². The standard InChI is InChI=1S/C25H30ClNO3/c1-3-30-25(28)20-10-8-14-27(17-20)15-16-29-18-23(21-11-5-4-9-19(21)2)22-12-6-7-13-24(22)26/h4-7,9,11-13,18,20H,3,8,10,14-17H2,1-2H3/b23-18+/t20-/m1/s1. The third kappa shape index (κ3) is 5.87. The van der Waals surface area contributed by atoms with Gasteiger partial charge in [-0.25, -0.2) is 0 Å². The zero-order valence-electron chi connectivity index (χ0n) is 17.8. The average molecular weight is 428 g/mol. The molecule has 160 valence electrons. The van der Waals surface area contributed by atoms with E-state index in [4.69, 9.17) is 21.1 Å². The fourth-order valence-electron chi connectivity index (χ4n) is 3.86. The first-order chi connectivity index (χ1) is 14.6. The highest BCUT2D eigenvalue weighted by Gasteiger charge is 2.26. The van der Waals surface area contributed by atoms with E-state index in [1.165, 1.54) is 5.56 Å². The summed E-state index contributed by atoms with van der Waals surface area (Å²) in [6, 6.07) is 16.0. The molecule has 0 spiro atoms. The van der Waals surface area contributed by atoms with Gasteiger partial charge in [0.25, 0.3) is 0 Å². The average Bonchev–Trinajstić information content (AvgIpc) is 2.76. The Hall–Kier alpha value is -2.30. The van der Waals surface area contributed by atoms with Crippen LogP contribution < -0.4 is 0 Å². The minimum Gasteiger partial charge on any atom is -0.499 e. The van der Waals surface area contributed by atoms with Gasteiger partial charge in [0, 0.05) is 29.2 Å². The number of benzene rings is 2. The number of rotatable bonds is 8. The summed E-state index contributed by atoms with van der Waals surface area (Å²) in [6.45, 7) is 7.42. The Morgan fingerprint density at radius 2 is 1.90 bits per heavy atom. The SMILES string of the molecule is CCOC(=O)[C@@H]1CCCN(CCO/C=C(\c2ccccc2C)c2ccccc2Cl)C1. The number of nitrogens with zero attached hydrogens (tertiary/aromatic N) is 1. The van der Waals surface area contributed by atoms with Gasteiger partial charge in [-0.05, 0) is 50.4 Å². The number of esters is 1. The molecule has 0 amide bonds. The van der Waals surface area contributed by atoms with Crippen molar-refractivity contribution >= 4 is 23.1 Å². The summed E-state index contributed by atoms with van der Waals surface area (Å²) >= 11 is 6.48. The number of carbonyl (C=O) groups is 1. The summed E-state index contributed by atoms with van der Waals surface area (Å²) in [5.41, 5.74) is 4.20. The first-order valence-electron chi connectivity index (χ1n) is 10.6. The molecular formula is C25H30ClNO3. The highest BCUT2D eigenvalue weighted by Crippen LogP contribution is 2.31. The van der Waals surface area contributed by atoms with E-state index < -0.39 is 0 Å². The maximum atomic E-state index is 12.0. The first kappa shape index (κ1) is 22.4. The Morgan fingerprint density at radius 1 is 1.17 bits per heavy atom. The maximum absolute atomic E-state index is 12.0. The van der Waals surface area contributed by atoms with Gasteiger partial charge in [0.05, 0.1) is 18.8 Å². The van der Waals surface area contributed by atoms with E-state index in [1.54, 1.807) is 0 Å². The fourth-order valence-corrected chi connectivity index (χ4v) is 4.10. The van der Waals surface area contributed by atoms with E-state index in [-0.39, 0.29) is 11.9 Å². The van der Waals surface area contributed by atoms with Gasteiger partial charge in [-0.2, -0.15) is 0 Å². The van der Waals surface area contributed by atoms with Crippen molar-refractivity contribution in [2.75, 3.05) is 32.8 Å². The van der Waals surface area contributed by atoms with Crippen LogP contribution in [0.5, 0.6) is 0 Å². The Labute approximate surface area is 184 Å². The molecule has 4 nitrogen and oxygen atoms in total. The Bertz CT molecular complexity index is 833. The third-order valence-electron chi connectivity index (χ3n) is 5.45. The molecule has 1 atom stereocenters. The van der Waals surface area contributed by atoms with E-state index in [0.717, 1.165) is 49.2 Å². The quantitative estimate of drug-likeness (QED) is 0.324. The lowest BCUT2D eigenvalue weighted by atomic mass is 9.95. The van der Waals surface area contributed by atoms with Crippen molar-refractivity contribution in [3.05, 3.63) is 76.5 Å². The molecule has 1 heterocycles. The fraction of sp³-hybridized carbons (Fsp3) is 0.400. The van der Waals surface area contributed by atoms with Gasteiger partial charge in [-0.1, -0.05) is 54.1 Å². The molecule has 0 unspecified atom stereocenters. The van der Waals surface area contributed by atoms with Crippen LogP contribution in [0.2, 0.25) is 5.02 Å². The van der Waals surface area contributed by atoms with Crippen LogP contribution in [0.1, 0.15) is 36.5 Å². The summed E-state index contributed by atoms with van der Waals surface area (Å²) in [6.07, 6.45) is 3.73. The first-order valence-corrected chi connectivity index (χ1v) is 11.0. The van der Waals surface area contributed by atoms with E-state index in [2.05, 4.69) is 24.0 Å². The van der Waals surface area contributed by atoms with Crippen LogP contribution in [-0.4, -0.2) is 43.7 Å². The molecule has 3 rings (SSSR count). The molecule has 0 N–H and O–H groups in total. The molecule has 0 saturated carbocycles. The molecule has 0 bridgehead atoms. The van der Waals surface area contributed by atoms with Crippen LogP contribution in [0.3, 0.4) is 0 Å². The summed E-state index contributed by atoms with van der Waals surface area (Å²) < 4.78 is 11.2. The number of hydrogen-bond acceptors (Lipinski definition) is 4. The van der Waals surface area contributed by atoms with Crippen molar-refractivity contribution in [2.24, 2.45) is 5.92 Å². The van der Waals surface area contributed by atoms with E-state index >= 15 is 0 Å². The topological polar surface area (TPSA) is 38.8 Å². The number of aryl methyl sites for hydroxylation is 1. The predicted octanol–water partition coefficient (Wildman–Crippen LogP) is 5.33. The molecule has 0 aromatic heterocycles. The number of carbonyl (C=O) groups excluding carboxylic acids is 1. The molecule has 1 aliphatic rings. The molecule has 0 aliphatic carbocycles. The second kappa shape index (κ2) is 11.2. The number of ether oxygens (including phenoxy) is 2. The molecule has 1 aliphatic heterocycles. The zero-order chi connectivity index (χ0) is 21.3. The number of hydrogen-bond donors (Lipinski definition) is 0. The van der Waals surface area contributed by atoms with Crippen LogP contribution in [-0.2, 0) is 14.3 Å². The van der Waals surface area contributed by atoms with Gasteiger partial charge in [0.15, 0.2) is 0 Å². The number of halogens is 1. The van der Waals surface area contributed by atoms with Crippen molar-refractivity contribution in [3.8, 4) is 0 Å². The van der Waals surface area contributed by atoms with Gasteiger partial charge in [-0.15, -0.1) is 0 Å². The van der Waals surface area contributed by atoms with Crippen LogP contribution in [0.4, 0.5) is 0 Å². The third-order valence-corrected chi connectivity index (χ3v) is 5.78. The Balaban J connectivity index is 1.66. The van der Waals surface area contributed by atoms with Crippen LogP contribution >= 0.6 is 11.6 Å². The van der Waals surface area contributed by atoms with Crippen molar-refractivity contribution in [1.82, 2.24) is 4.90 Å². The van der Waals surface area contributed by atoms with Crippen LogP contribution in [0.15, 0.2) is 54.8 Å². The molecule has 2 aromatic carbocycles. The second-order valence-corrected chi connectivity index (χ2v) is 8.00. The lowest BCUT2D eigenvalue weighted by Crippen LogP contribution is -2.40. The summed E-state index contributed by atoms with van der Waals surface area (Å²) in [4.78, 5) is 14.3. The number of likely N-dealkylation sites (tertiary alicyclic amines) is 1. The van der Waals surface area contributed by atoms with E-state index in [0.29, 0.717) is 18.2 Å². The molecule has 2 aromatic rings. The van der Waals surface area contributed by atoms with Gasteiger partial charge < -0.3 is 9.47 Å². The summed E-state index contributed by atoms with van der Waals surface area (Å²) in [7, 11) is 0. The largest absolute Gasteiger partial charge is 0.499 e. The molecule has 30 heavy (non-hydrogen) atoms. The zero-order valence-corrected chi connectivity index (χ0v) is 18.5. The molecule has 0 radical (unpaired) electrons. The second-order valence-electron chi connectivity index (χ2n) is 7.59. The Kier molecular flexibility index (Phi) is 8.35. The van der Waals surface area contributed by atoms with Gasteiger partial charge in [-0.3, -0.25) is 9.69 Å². The molecule has 1 saturated heterocycles.